The molecule has 126 valence electrons. The zero-order chi connectivity index (χ0) is 17.0. The van der Waals surface area contributed by atoms with Crippen molar-refractivity contribution in [3.8, 4) is 5.75 Å². The van der Waals surface area contributed by atoms with E-state index in [4.69, 9.17) is 9.47 Å². The Morgan fingerprint density at radius 1 is 1.35 bits per heavy atom. The molecule has 1 aliphatic heterocycles. The normalized spacial score (nSPS) is 30.5. The quantitative estimate of drug-likeness (QED) is 0.502. The van der Waals surface area contributed by atoms with E-state index >= 15 is 0 Å². The van der Waals surface area contributed by atoms with E-state index in [0.29, 0.717) is 6.29 Å². The fraction of sp³-hybridized carbons (Fsp3) is 0.467. The molecule has 1 saturated heterocycles. The molecule has 8 nitrogen and oxygen atoms in total. The number of hydrogen-bond acceptors (Lipinski definition) is 7. The van der Waals surface area contributed by atoms with Gasteiger partial charge in [0, 0.05) is 6.92 Å². The van der Waals surface area contributed by atoms with Gasteiger partial charge in [-0.3, -0.25) is 9.59 Å². The van der Waals surface area contributed by atoms with Gasteiger partial charge in [0.1, 0.15) is 30.1 Å². The van der Waals surface area contributed by atoms with Crippen LogP contribution in [0.25, 0.3) is 0 Å². The predicted molar refractivity (Wildman–Crippen MR) is 77.8 cm³/mol. The number of benzene rings is 1. The maximum Gasteiger partial charge on any atom is 0.223 e. The summed E-state index contributed by atoms with van der Waals surface area (Å²) in [6.45, 7) is 0.702. The van der Waals surface area contributed by atoms with E-state index < -0.39 is 43.2 Å². The molecule has 0 saturated carbocycles. The number of para-hydroxylation sites is 1. The number of hydrogen-bond donors (Lipinski definition) is 4. The minimum atomic E-state index is -1.40. The van der Waals surface area contributed by atoms with Gasteiger partial charge in [0.25, 0.3) is 0 Å². The van der Waals surface area contributed by atoms with Gasteiger partial charge in [0.15, 0.2) is 6.29 Å². The van der Waals surface area contributed by atoms with Crippen molar-refractivity contribution in [1.29, 1.82) is 0 Å². The van der Waals surface area contributed by atoms with Crippen molar-refractivity contribution in [2.45, 2.75) is 37.6 Å². The average molecular weight is 325 g/mol. The number of rotatable bonds is 5. The van der Waals surface area contributed by atoms with Gasteiger partial charge in [-0.1, -0.05) is 12.1 Å². The highest BCUT2D eigenvalue weighted by atomic mass is 16.7. The minimum Gasteiger partial charge on any atom is -0.462 e. The largest absolute Gasteiger partial charge is 0.462 e. The minimum absolute atomic E-state index is 0.197. The summed E-state index contributed by atoms with van der Waals surface area (Å²) in [5.74, 6) is -0.257. The summed E-state index contributed by atoms with van der Waals surface area (Å²) in [6, 6.07) is 5.30. The molecule has 0 spiro atoms. The zero-order valence-electron chi connectivity index (χ0n) is 12.5. The fourth-order valence-corrected chi connectivity index (χ4v) is 2.38. The van der Waals surface area contributed by atoms with Gasteiger partial charge < -0.3 is 30.1 Å². The Morgan fingerprint density at radius 3 is 2.65 bits per heavy atom. The molecule has 4 N–H and O–H groups in total. The summed E-state index contributed by atoms with van der Waals surface area (Å²) in [6.07, 6.45) is -4.46. The molecule has 0 aliphatic carbocycles. The van der Waals surface area contributed by atoms with Crippen molar-refractivity contribution in [3.63, 3.8) is 0 Å². The Hall–Kier alpha value is -2.00. The molecule has 8 heteroatoms. The number of nitrogens with one attached hydrogen (secondary N) is 1. The number of aldehydes is 1. The summed E-state index contributed by atoms with van der Waals surface area (Å²) in [5.41, 5.74) is 0.263. The van der Waals surface area contributed by atoms with Crippen molar-refractivity contribution in [2.75, 3.05) is 6.61 Å². The third-order valence-corrected chi connectivity index (χ3v) is 3.54. The number of carbonyl (C=O) groups is 2. The third kappa shape index (κ3) is 3.85. The van der Waals surface area contributed by atoms with Crippen LogP contribution >= 0.6 is 0 Å². The lowest BCUT2D eigenvalue weighted by Crippen LogP contribution is -2.65. The number of carbonyl (C=O) groups excluding carboxylic acids is 2. The molecular weight excluding hydrogens is 306 g/mol. The van der Waals surface area contributed by atoms with Crippen LogP contribution in [-0.4, -0.2) is 64.8 Å². The van der Waals surface area contributed by atoms with Crippen molar-refractivity contribution >= 4 is 12.2 Å². The van der Waals surface area contributed by atoms with Gasteiger partial charge >= 0.3 is 0 Å². The van der Waals surface area contributed by atoms with E-state index in [2.05, 4.69) is 5.32 Å². The van der Waals surface area contributed by atoms with E-state index in [0.717, 1.165) is 0 Å². The van der Waals surface area contributed by atoms with Crippen LogP contribution in [0.15, 0.2) is 24.3 Å². The van der Waals surface area contributed by atoms with Crippen LogP contribution in [0.1, 0.15) is 17.3 Å². The highest BCUT2D eigenvalue weighted by Gasteiger charge is 2.46. The van der Waals surface area contributed by atoms with Crippen LogP contribution < -0.4 is 10.1 Å². The molecular formula is C15H19NO7. The maximum atomic E-state index is 11.3. The van der Waals surface area contributed by atoms with Gasteiger partial charge in [0.2, 0.25) is 12.2 Å². The molecule has 1 fully saturated rings. The van der Waals surface area contributed by atoms with E-state index in [-0.39, 0.29) is 11.3 Å². The van der Waals surface area contributed by atoms with Crippen LogP contribution in [0.3, 0.4) is 0 Å². The summed E-state index contributed by atoms with van der Waals surface area (Å²) in [7, 11) is 0. The molecule has 0 radical (unpaired) electrons. The Balaban J connectivity index is 2.27. The first-order chi connectivity index (χ1) is 11.0. The topological polar surface area (TPSA) is 125 Å². The van der Waals surface area contributed by atoms with Crippen molar-refractivity contribution in [1.82, 2.24) is 5.32 Å². The average Bonchev–Trinajstić information content (AvgIpc) is 2.54. The van der Waals surface area contributed by atoms with E-state index in [1.807, 2.05) is 0 Å². The highest BCUT2D eigenvalue weighted by Crippen LogP contribution is 2.26. The first kappa shape index (κ1) is 17.4. The smallest absolute Gasteiger partial charge is 0.223 e. The Labute approximate surface area is 132 Å². The SMILES string of the molecule is CC(=O)N[C@H]1[C@@H](Oc2ccccc2C=O)O[C@H](CO)[C@H](O)[C@H]1O. The number of amides is 1. The van der Waals surface area contributed by atoms with Crippen LogP contribution in [0.4, 0.5) is 0 Å². The highest BCUT2D eigenvalue weighted by molar-refractivity contribution is 5.79. The van der Waals surface area contributed by atoms with E-state index in [1.165, 1.54) is 19.1 Å². The zero-order valence-corrected chi connectivity index (χ0v) is 12.5. The molecule has 5 atom stereocenters. The molecule has 1 aromatic rings. The predicted octanol–water partition coefficient (Wildman–Crippen LogP) is -1.18. The molecule has 1 heterocycles. The molecule has 1 aromatic carbocycles. The lowest BCUT2D eigenvalue weighted by molar-refractivity contribution is -0.244. The van der Waals surface area contributed by atoms with Gasteiger partial charge in [0.05, 0.1) is 12.2 Å². The third-order valence-electron chi connectivity index (χ3n) is 3.54. The number of aliphatic hydroxyl groups excluding tert-OH is 3. The summed E-state index contributed by atoms with van der Waals surface area (Å²) in [4.78, 5) is 22.4. The summed E-state index contributed by atoms with van der Waals surface area (Å²) < 4.78 is 11.0. The van der Waals surface area contributed by atoms with Gasteiger partial charge in [-0.15, -0.1) is 0 Å². The molecule has 1 amide bonds. The number of ether oxygens (including phenoxy) is 2. The second kappa shape index (κ2) is 7.51. The van der Waals surface area contributed by atoms with Gasteiger partial charge in [-0.25, -0.2) is 0 Å². The van der Waals surface area contributed by atoms with Crippen LogP contribution in [0, 0.1) is 0 Å². The monoisotopic (exact) mass is 325 g/mol. The molecule has 0 bridgehead atoms. The maximum absolute atomic E-state index is 11.3. The van der Waals surface area contributed by atoms with Crippen molar-refractivity contribution in [3.05, 3.63) is 29.8 Å². The Morgan fingerprint density at radius 2 is 2.04 bits per heavy atom. The first-order valence-electron chi connectivity index (χ1n) is 7.08. The van der Waals surface area contributed by atoms with Crippen LogP contribution in [0.2, 0.25) is 0 Å². The standard InChI is InChI=1S/C15H19NO7/c1-8(19)16-12-14(21)13(20)11(7-18)23-15(12)22-10-5-3-2-4-9(10)6-17/h2-6,11-15,18,20-21H,7H2,1H3,(H,16,19)/t11-,12-,13+,14+,15+/m1/s1. The van der Waals surface area contributed by atoms with E-state index in [1.54, 1.807) is 12.1 Å². The molecule has 0 aromatic heterocycles. The molecule has 2 rings (SSSR count). The second-order valence-corrected chi connectivity index (χ2v) is 5.21. The van der Waals surface area contributed by atoms with Crippen molar-refractivity contribution < 1.29 is 34.4 Å². The van der Waals surface area contributed by atoms with Gasteiger partial charge in [-0.2, -0.15) is 0 Å². The van der Waals surface area contributed by atoms with Crippen molar-refractivity contribution in [2.24, 2.45) is 0 Å². The Bertz CT molecular complexity index is 565. The first-order valence-corrected chi connectivity index (χ1v) is 7.08. The summed E-state index contributed by atoms with van der Waals surface area (Å²) >= 11 is 0. The van der Waals surface area contributed by atoms with E-state index in [9.17, 15) is 24.9 Å². The molecule has 23 heavy (non-hydrogen) atoms. The lowest BCUT2D eigenvalue weighted by atomic mass is 9.97. The molecule has 0 unspecified atom stereocenters. The number of aliphatic hydroxyl groups is 3. The lowest BCUT2D eigenvalue weighted by Gasteiger charge is -2.42. The summed E-state index contributed by atoms with van der Waals surface area (Å²) in [5, 5.41) is 31.7. The molecule has 1 aliphatic rings. The van der Waals surface area contributed by atoms with Gasteiger partial charge in [-0.05, 0) is 12.1 Å². The van der Waals surface area contributed by atoms with Crippen LogP contribution in [0.5, 0.6) is 5.75 Å². The second-order valence-electron chi connectivity index (χ2n) is 5.21. The fourth-order valence-electron chi connectivity index (χ4n) is 2.38. The Kier molecular flexibility index (Phi) is 5.67. The van der Waals surface area contributed by atoms with Crippen LogP contribution in [-0.2, 0) is 9.53 Å².